The first-order valence-electron chi connectivity index (χ1n) is 9.89. The molecule has 158 valence electrons. The van der Waals surface area contributed by atoms with Gasteiger partial charge in [0.15, 0.2) is 0 Å². The predicted molar refractivity (Wildman–Crippen MR) is 104 cm³/mol. The number of hydrogen-bond acceptors (Lipinski definition) is 3. The van der Waals surface area contributed by atoms with Gasteiger partial charge in [-0.3, -0.25) is 14.4 Å². The average Bonchev–Trinajstić information content (AvgIpc) is 2.98. The number of aryl methyl sites for hydroxylation is 3. The van der Waals surface area contributed by atoms with Gasteiger partial charge in [0.2, 0.25) is 5.91 Å². The van der Waals surface area contributed by atoms with Crippen molar-refractivity contribution >= 4 is 5.91 Å². The van der Waals surface area contributed by atoms with Crippen molar-refractivity contribution in [3.8, 4) is 0 Å². The summed E-state index contributed by atoms with van der Waals surface area (Å²) in [4.78, 5) is 14.4. The molecular formula is C21H27F3N4O. The van der Waals surface area contributed by atoms with Gasteiger partial charge in [-0.05, 0) is 44.4 Å². The van der Waals surface area contributed by atoms with Crippen LogP contribution in [0.3, 0.4) is 0 Å². The first-order valence-corrected chi connectivity index (χ1v) is 9.89. The third kappa shape index (κ3) is 6.06. The molecule has 0 radical (unpaired) electrons. The Morgan fingerprint density at radius 2 is 1.93 bits per heavy atom. The Morgan fingerprint density at radius 3 is 2.55 bits per heavy atom. The molecule has 1 aromatic carbocycles. The number of piperidine rings is 1. The molecule has 0 spiro atoms. The Morgan fingerprint density at radius 1 is 1.21 bits per heavy atom. The van der Waals surface area contributed by atoms with Crippen LogP contribution in [0.2, 0.25) is 0 Å². The third-order valence-corrected chi connectivity index (χ3v) is 5.27. The van der Waals surface area contributed by atoms with Gasteiger partial charge in [-0.2, -0.15) is 18.3 Å². The quantitative estimate of drug-likeness (QED) is 0.793. The highest BCUT2D eigenvalue weighted by atomic mass is 19.4. The van der Waals surface area contributed by atoms with Crippen LogP contribution in [0, 0.1) is 13.8 Å². The summed E-state index contributed by atoms with van der Waals surface area (Å²) in [5.41, 5.74) is 2.03. The van der Waals surface area contributed by atoms with Crippen LogP contribution in [0.15, 0.2) is 30.3 Å². The van der Waals surface area contributed by atoms with E-state index in [1.54, 1.807) is 6.07 Å². The van der Waals surface area contributed by atoms with E-state index in [-0.39, 0.29) is 11.9 Å². The Labute approximate surface area is 168 Å². The van der Waals surface area contributed by atoms with E-state index >= 15 is 0 Å². The van der Waals surface area contributed by atoms with Crippen LogP contribution >= 0.6 is 0 Å². The average molecular weight is 408 g/mol. The minimum atomic E-state index is -4.32. The Kier molecular flexibility index (Phi) is 6.62. The molecule has 29 heavy (non-hydrogen) atoms. The van der Waals surface area contributed by atoms with E-state index in [1.807, 2.05) is 24.6 Å². The fourth-order valence-corrected chi connectivity index (χ4v) is 3.75. The van der Waals surface area contributed by atoms with E-state index in [9.17, 15) is 18.0 Å². The lowest BCUT2D eigenvalue weighted by atomic mass is 10.0. The van der Waals surface area contributed by atoms with Gasteiger partial charge < -0.3 is 5.32 Å². The van der Waals surface area contributed by atoms with Crippen molar-refractivity contribution in [1.29, 1.82) is 0 Å². The molecule has 0 unspecified atom stereocenters. The molecule has 0 bridgehead atoms. The number of hydrogen-bond donors (Lipinski definition) is 1. The topological polar surface area (TPSA) is 50.2 Å². The predicted octanol–water partition coefficient (Wildman–Crippen LogP) is 3.69. The highest BCUT2D eigenvalue weighted by molar-refractivity contribution is 5.76. The maximum atomic E-state index is 12.9. The van der Waals surface area contributed by atoms with Crippen LogP contribution in [-0.4, -0.2) is 39.7 Å². The molecule has 0 saturated carbocycles. The lowest BCUT2D eigenvalue weighted by Gasteiger charge is -2.32. The second-order valence-corrected chi connectivity index (χ2v) is 7.72. The first kappa shape index (κ1) is 21.4. The van der Waals surface area contributed by atoms with Crippen molar-refractivity contribution in [3.05, 3.63) is 52.8 Å². The van der Waals surface area contributed by atoms with E-state index in [1.165, 1.54) is 12.1 Å². The fourth-order valence-electron chi connectivity index (χ4n) is 3.75. The highest BCUT2D eigenvalue weighted by Gasteiger charge is 2.30. The second kappa shape index (κ2) is 8.98. The summed E-state index contributed by atoms with van der Waals surface area (Å²) >= 11 is 0. The van der Waals surface area contributed by atoms with E-state index in [4.69, 9.17) is 0 Å². The van der Waals surface area contributed by atoms with E-state index in [0.29, 0.717) is 25.1 Å². The van der Waals surface area contributed by atoms with E-state index in [2.05, 4.69) is 15.3 Å². The van der Waals surface area contributed by atoms with Crippen LogP contribution in [0.25, 0.3) is 0 Å². The summed E-state index contributed by atoms with van der Waals surface area (Å²) in [6, 6.07) is 7.58. The molecule has 3 rings (SSSR count). The normalized spacial score (nSPS) is 16.2. The molecule has 1 aliphatic heterocycles. The number of nitrogens with zero attached hydrogens (tertiary/aromatic N) is 3. The van der Waals surface area contributed by atoms with Crippen molar-refractivity contribution in [3.63, 3.8) is 0 Å². The van der Waals surface area contributed by atoms with Gasteiger partial charge in [0.25, 0.3) is 0 Å². The highest BCUT2D eigenvalue weighted by Crippen LogP contribution is 2.30. The fraction of sp³-hybridized carbons (Fsp3) is 0.524. The molecule has 0 atom stereocenters. The molecule has 1 saturated heterocycles. The summed E-state index contributed by atoms with van der Waals surface area (Å²) in [6.45, 7) is 6.44. The molecule has 1 aliphatic rings. The minimum absolute atomic E-state index is 0.00822. The second-order valence-electron chi connectivity index (χ2n) is 7.72. The van der Waals surface area contributed by atoms with Crippen molar-refractivity contribution in [2.24, 2.45) is 0 Å². The van der Waals surface area contributed by atoms with Crippen molar-refractivity contribution < 1.29 is 18.0 Å². The van der Waals surface area contributed by atoms with Gasteiger partial charge >= 0.3 is 6.18 Å². The number of benzene rings is 1. The summed E-state index contributed by atoms with van der Waals surface area (Å²) in [5.74, 6) is 0.00822. The molecule has 0 aliphatic carbocycles. The molecule has 2 aromatic rings. The van der Waals surface area contributed by atoms with Crippen LogP contribution in [0.4, 0.5) is 13.2 Å². The van der Waals surface area contributed by atoms with E-state index < -0.39 is 11.7 Å². The lowest BCUT2D eigenvalue weighted by molar-refractivity contribution is -0.137. The zero-order valence-electron chi connectivity index (χ0n) is 16.8. The van der Waals surface area contributed by atoms with E-state index in [0.717, 1.165) is 43.4 Å². The van der Waals surface area contributed by atoms with Crippen LogP contribution in [-0.2, 0) is 24.1 Å². The van der Waals surface area contributed by atoms with Crippen molar-refractivity contribution in [1.82, 2.24) is 20.0 Å². The molecule has 1 amide bonds. The zero-order chi connectivity index (χ0) is 21.0. The number of carbonyl (C=O) groups is 1. The molecule has 8 heteroatoms. The van der Waals surface area contributed by atoms with Gasteiger partial charge in [0.05, 0.1) is 11.3 Å². The lowest BCUT2D eigenvalue weighted by Crippen LogP contribution is -2.44. The number of rotatable bonds is 6. The summed E-state index contributed by atoms with van der Waals surface area (Å²) in [5, 5.41) is 7.43. The van der Waals surface area contributed by atoms with Gasteiger partial charge in [-0.15, -0.1) is 0 Å². The molecule has 1 N–H and O–H groups in total. The van der Waals surface area contributed by atoms with Gasteiger partial charge in [0, 0.05) is 44.3 Å². The van der Waals surface area contributed by atoms with Crippen molar-refractivity contribution in [2.75, 3.05) is 13.1 Å². The van der Waals surface area contributed by atoms with Crippen LogP contribution in [0.1, 0.15) is 41.8 Å². The van der Waals surface area contributed by atoms with Crippen LogP contribution < -0.4 is 5.32 Å². The summed E-state index contributed by atoms with van der Waals surface area (Å²) in [6.07, 6.45) is -2.34. The number of halogens is 3. The number of carbonyl (C=O) groups excluding carboxylic acids is 1. The monoisotopic (exact) mass is 408 g/mol. The summed E-state index contributed by atoms with van der Waals surface area (Å²) < 4.78 is 40.4. The van der Waals surface area contributed by atoms with Crippen LogP contribution in [0.5, 0.6) is 0 Å². The maximum absolute atomic E-state index is 12.9. The number of likely N-dealkylation sites (tertiary alicyclic amines) is 1. The molecular weight excluding hydrogens is 381 g/mol. The first-order chi connectivity index (χ1) is 13.7. The molecule has 5 nitrogen and oxygen atoms in total. The Balaban J connectivity index is 1.42. The minimum Gasteiger partial charge on any atom is -0.353 e. The smallest absolute Gasteiger partial charge is 0.353 e. The number of alkyl halides is 3. The van der Waals surface area contributed by atoms with Gasteiger partial charge in [-0.25, -0.2) is 0 Å². The standard InChI is InChI=1S/C21H27F3N4O/c1-15-12-16(2)28(26-15)11-8-20(29)25-19-6-9-27(10-7-19)14-17-4-3-5-18(13-17)21(22,23)24/h3-5,12-13,19H,6-11,14H2,1-2H3,(H,25,29). The van der Waals surface area contributed by atoms with Crippen molar-refractivity contribution in [2.45, 2.75) is 58.4 Å². The Hall–Kier alpha value is -2.35. The maximum Gasteiger partial charge on any atom is 0.416 e. The SMILES string of the molecule is Cc1cc(C)n(CCC(=O)NC2CCN(Cc3cccc(C(F)(F)F)c3)CC2)n1. The van der Waals surface area contributed by atoms with Gasteiger partial charge in [0.1, 0.15) is 0 Å². The molecule has 2 heterocycles. The number of nitrogens with one attached hydrogen (secondary N) is 1. The summed E-state index contributed by atoms with van der Waals surface area (Å²) in [7, 11) is 0. The number of amides is 1. The Bertz CT molecular complexity index is 839. The largest absolute Gasteiger partial charge is 0.416 e. The van der Waals surface area contributed by atoms with Gasteiger partial charge in [-0.1, -0.05) is 18.2 Å². The zero-order valence-corrected chi connectivity index (χ0v) is 16.8. The molecule has 1 fully saturated rings. The third-order valence-electron chi connectivity index (χ3n) is 5.27. The molecule has 1 aromatic heterocycles. The number of aromatic nitrogens is 2.